The third kappa shape index (κ3) is 4.08. The van der Waals surface area contributed by atoms with E-state index in [2.05, 4.69) is 0 Å². The van der Waals surface area contributed by atoms with Crippen molar-refractivity contribution in [1.82, 2.24) is 4.90 Å². The SMILES string of the molecule is Cc1cccc(Cl)c1N1CC=C[C@]23O[C@@H]4/C=C\CCCOC(=O)[C@@H]4[C@H]2C(=O)N([C@H](CO)c2ccccc2)C3C1=O. The molecule has 1 spiro atoms. The Bertz CT molecular complexity index is 1370. The highest BCUT2D eigenvalue weighted by Crippen LogP contribution is 2.55. The van der Waals surface area contributed by atoms with E-state index in [1.807, 2.05) is 61.5 Å². The van der Waals surface area contributed by atoms with Crippen molar-refractivity contribution in [3.8, 4) is 0 Å². The summed E-state index contributed by atoms with van der Waals surface area (Å²) < 4.78 is 12.3. The number of aryl methyl sites for hydroxylation is 1. The van der Waals surface area contributed by atoms with Crippen molar-refractivity contribution in [2.24, 2.45) is 11.8 Å². The number of aliphatic hydroxyl groups is 1. The average molecular weight is 563 g/mol. The topological polar surface area (TPSA) is 96.4 Å². The molecule has 4 heterocycles. The first-order valence-corrected chi connectivity index (χ1v) is 14.0. The Kier molecular flexibility index (Phi) is 7.02. The van der Waals surface area contributed by atoms with Gasteiger partial charge in [0.2, 0.25) is 5.91 Å². The number of fused-ring (bicyclic) bond motifs is 2. The van der Waals surface area contributed by atoms with Gasteiger partial charge in [0.15, 0.2) is 0 Å². The number of amides is 2. The summed E-state index contributed by atoms with van der Waals surface area (Å²) in [5.41, 5.74) is 0.574. The third-order valence-corrected chi connectivity index (χ3v) is 8.75. The first-order valence-electron chi connectivity index (χ1n) is 13.6. The molecular weight excluding hydrogens is 532 g/mol. The van der Waals surface area contributed by atoms with E-state index in [4.69, 9.17) is 21.1 Å². The van der Waals surface area contributed by atoms with Crippen LogP contribution in [0.1, 0.15) is 30.0 Å². The second-order valence-electron chi connectivity index (χ2n) is 10.7. The smallest absolute Gasteiger partial charge is 0.312 e. The second-order valence-corrected chi connectivity index (χ2v) is 11.1. The Labute approximate surface area is 237 Å². The highest BCUT2D eigenvalue weighted by molar-refractivity contribution is 6.34. The van der Waals surface area contributed by atoms with Crippen LogP contribution in [0.2, 0.25) is 5.02 Å². The first-order chi connectivity index (χ1) is 19.4. The van der Waals surface area contributed by atoms with Gasteiger partial charge in [0, 0.05) is 6.54 Å². The molecule has 9 heteroatoms. The van der Waals surface area contributed by atoms with Gasteiger partial charge in [0.05, 0.1) is 42.0 Å². The standard InChI is InChI=1S/C31H31ClN2O6/c1-19-10-8-13-21(32)26(19)33-16-9-15-31-25(24-23(40-31)14-6-3-7-17-39-30(24)38)28(36)34(27(31)29(33)37)22(18-35)20-11-4-2-5-12-20/h2,4-6,8-15,22-25,27,35H,3,7,16-18H2,1H3/b14-6-/t22-,23-,24+,25+,27?,31+/m1/s1. The molecule has 2 aromatic rings. The third-order valence-electron chi connectivity index (χ3n) is 8.44. The molecule has 2 saturated heterocycles. The zero-order valence-electron chi connectivity index (χ0n) is 22.1. The lowest BCUT2D eigenvalue weighted by molar-refractivity contribution is -0.155. The molecule has 0 bridgehead atoms. The van der Waals surface area contributed by atoms with E-state index in [9.17, 15) is 19.5 Å². The minimum Gasteiger partial charge on any atom is -0.465 e. The number of cyclic esters (lactones) is 1. The van der Waals surface area contributed by atoms with Crippen LogP contribution in [0.3, 0.4) is 0 Å². The Balaban J connectivity index is 1.54. The van der Waals surface area contributed by atoms with Gasteiger partial charge in [0.1, 0.15) is 17.6 Å². The molecule has 6 rings (SSSR count). The molecule has 0 aliphatic carbocycles. The Hall–Kier alpha value is -3.46. The van der Waals surface area contributed by atoms with Gasteiger partial charge >= 0.3 is 5.97 Å². The van der Waals surface area contributed by atoms with Gasteiger partial charge in [0.25, 0.3) is 5.91 Å². The van der Waals surface area contributed by atoms with Crippen molar-refractivity contribution in [1.29, 1.82) is 0 Å². The van der Waals surface area contributed by atoms with E-state index < -0.39 is 60.0 Å². The molecule has 4 aliphatic heterocycles. The van der Waals surface area contributed by atoms with Crippen molar-refractivity contribution < 1.29 is 29.0 Å². The quantitative estimate of drug-likeness (QED) is 0.450. The molecule has 6 atom stereocenters. The predicted molar refractivity (Wildman–Crippen MR) is 149 cm³/mol. The minimum absolute atomic E-state index is 0.199. The minimum atomic E-state index is -1.45. The monoisotopic (exact) mass is 562 g/mol. The molecule has 2 fully saturated rings. The second kappa shape index (κ2) is 10.5. The van der Waals surface area contributed by atoms with Gasteiger partial charge in [-0.2, -0.15) is 0 Å². The summed E-state index contributed by atoms with van der Waals surface area (Å²) in [7, 11) is 0. The normalized spacial score (nSPS) is 31.3. The molecular formula is C31H31ClN2O6. The number of allylic oxidation sites excluding steroid dienone is 1. The highest BCUT2D eigenvalue weighted by atomic mass is 35.5. The van der Waals surface area contributed by atoms with Crippen molar-refractivity contribution in [3.05, 3.63) is 89.0 Å². The Morgan fingerprint density at radius 1 is 1.07 bits per heavy atom. The molecule has 208 valence electrons. The van der Waals surface area contributed by atoms with Crippen LogP contribution < -0.4 is 4.90 Å². The molecule has 2 aromatic carbocycles. The van der Waals surface area contributed by atoms with Crippen LogP contribution in [-0.2, 0) is 23.9 Å². The maximum Gasteiger partial charge on any atom is 0.312 e. The molecule has 1 N–H and O–H groups in total. The fourth-order valence-corrected chi connectivity index (χ4v) is 7.05. The number of ether oxygens (including phenoxy) is 2. The number of hydrogen-bond acceptors (Lipinski definition) is 6. The zero-order valence-corrected chi connectivity index (χ0v) is 22.9. The fourth-order valence-electron chi connectivity index (χ4n) is 6.72. The molecule has 2 amide bonds. The first kappa shape index (κ1) is 26.7. The van der Waals surface area contributed by atoms with E-state index in [1.54, 1.807) is 23.1 Å². The summed E-state index contributed by atoms with van der Waals surface area (Å²) in [6.07, 6.45) is 7.97. The summed E-state index contributed by atoms with van der Waals surface area (Å²) in [6.45, 7) is 1.89. The number of para-hydroxylation sites is 1. The van der Waals surface area contributed by atoms with E-state index in [-0.39, 0.29) is 13.2 Å². The highest BCUT2D eigenvalue weighted by Gasteiger charge is 2.72. The number of carbonyl (C=O) groups excluding carboxylic acids is 3. The lowest BCUT2D eigenvalue weighted by Gasteiger charge is -2.39. The summed E-state index contributed by atoms with van der Waals surface area (Å²) >= 11 is 6.61. The lowest BCUT2D eigenvalue weighted by Crippen LogP contribution is -2.56. The number of hydrogen-bond donors (Lipinski definition) is 1. The maximum absolute atomic E-state index is 14.7. The number of likely N-dealkylation sites (tertiary alicyclic amines) is 1. The summed E-state index contributed by atoms with van der Waals surface area (Å²) in [6, 6.07) is 12.5. The summed E-state index contributed by atoms with van der Waals surface area (Å²) in [5, 5.41) is 11.0. The number of nitrogens with zero attached hydrogens (tertiary/aromatic N) is 2. The van der Waals surface area contributed by atoms with Crippen LogP contribution in [0.25, 0.3) is 0 Å². The lowest BCUT2D eigenvalue weighted by atomic mass is 9.78. The van der Waals surface area contributed by atoms with Gasteiger partial charge in [-0.05, 0) is 37.0 Å². The molecule has 40 heavy (non-hydrogen) atoms. The predicted octanol–water partition coefficient (Wildman–Crippen LogP) is 3.76. The van der Waals surface area contributed by atoms with Gasteiger partial charge in [-0.15, -0.1) is 0 Å². The number of benzene rings is 2. The van der Waals surface area contributed by atoms with Gasteiger partial charge < -0.3 is 24.4 Å². The number of aliphatic hydroxyl groups excluding tert-OH is 1. The van der Waals surface area contributed by atoms with E-state index >= 15 is 0 Å². The number of halogens is 1. The van der Waals surface area contributed by atoms with Crippen LogP contribution in [0.5, 0.6) is 0 Å². The van der Waals surface area contributed by atoms with E-state index in [0.29, 0.717) is 29.1 Å². The van der Waals surface area contributed by atoms with Gasteiger partial charge in [-0.3, -0.25) is 14.4 Å². The van der Waals surface area contributed by atoms with E-state index in [0.717, 1.165) is 5.56 Å². The summed E-state index contributed by atoms with van der Waals surface area (Å²) in [5.74, 6) is -3.29. The number of anilines is 1. The van der Waals surface area contributed by atoms with Crippen LogP contribution in [-0.4, -0.2) is 65.3 Å². The Morgan fingerprint density at radius 2 is 1.88 bits per heavy atom. The van der Waals surface area contributed by atoms with E-state index in [1.165, 1.54) is 4.90 Å². The van der Waals surface area contributed by atoms with Crippen molar-refractivity contribution >= 4 is 35.1 Å². The average Bonchev–Trinajstić information content (AvgIpc) is 3.36. The molecule has 0 aromatic heterocycles. The Morgan fingerprint density at radius 3 is 2.62 bits per heavy atom. The zero-order chi connectivity index (χ0) is 28.0. The van der Waals surface area contributed by atoms with Gasteiger partial charge in [-0.1, -0.05) is 78.4 Å². The van der Waals surface area contributed by atoms with Crippen LogP contribution in [0, 0.1) is 18.8 Å². The maximum atomic E-state index is 14.7. The van der Waals surface area contributed by atoms with Crippen molar-refractivity contribution in [3.63, 3.8) is 0 Å². The molecule has 1 unspecified atom stereocenters. The molecule has 4 aliphatic rings. The number of esters is 1. The fraction of sp³-hybridized carbons (Fsp3) is 0.387. The number of rotatable bonds is 4. The van der Waals surface area contributed by atoms with Crippen LogP contribution >= 0.6 is 11.6 Å². The molecule has 0 radical (unpaired) electrons. The largest absolute Gasteiger partial charge is 0.465 e. The van der Waals surface area contributed by atoms with Crippen LogP contribution in [0.4, 0.5) is 5.69 Å². The summed E-state index contributed by atoms with van der Waals surface area (Å²) in [4.78, 5) is 45.6. The molecule has 8 nitrogen and oxygen atoms in total. The van der Waals surface area contributed by atoms with Crippen molar-refractivity contribution in [2.75, 3.05) is 24.7 Å². The number of carbonyl (C=O) groups is 3. The van der Waals surface area contributed by atoms with Crippen molar-refractivity contribution in [2.45, 2.75) is 43.6 Å². The van der Waals surface area contributed by atoms with Crippen LogP contribution in [0.15, 0.2) is 72.8 Å². The van der Waals surface area contributed by atoms with Gasteiger partial charge in [-0.25, -0.2) is 0 Å². The molecule has 0 saturated carbocycles.